The quantitative estimate of drug-likeness (QED) is 0.585. The first-order valence-corrected chi connectivity index (χ1v) is 9.20. The van der Waals surface area contributed by atoms with E-state index in [9.17, 15) is 9.59 Å². The third-order valence-electron chi connectivity index (χ3n) is 4.43. The molecule has 152 valence electrons. The second kappa shape index (κ2) is 12.5. The number of amides is 3. The number of anilines is 1. The van der Waals surface area contributed by atoms with Crippen molar-refractivity contribution in [2.24, 2.45) is 5.92 Å². The Kier molecular flexibility index (Phi) is 10.8. The summed E-state index contributed by atoms with van der Waals surface area (Å²) in [6.45, 7) is 5.83. The number of benzene rings is 1. The molecule has 0 bridgehead atoms. The lowest BCUT2D eigenvalue weighted by Gasteiger charge is -2.32. The van der Waals surface area contributed by atoms with Gasteiger partial charge in [0.2, 0.25) is 5.91 Å². The van der Waals surface area contributed by atoms with Crippen molar-refractivity contribution in [2.45, 2.75) is 19.8 Å². The summed E-state index contributed by atoms with van der Waals surface area (Å²) in [7, 11) is 1.66. The van der Waals surface area contributed by atoms with Gasteiger partial charge in [0.1, 0.15) is 0 Å². The first kappa shape index (κ1) is 23.2. The number of aryl methyl sites for hydroxylation is 1. The standard InChI is InChI=1S/C19H30N4O3.ClH/c1-15-5-3-7-17(13-15)22-19(25)23-11-4-6-16(14-23)18(24)21-9-8-20-10-12-26-2;/h3,5,7,13,16,20H,4,6,8-12,14H2,1-2H3,(H,21,24)(H,22,25);1H. The molecule has 0 saturated carbocycles. The van der Waals surface area contributed by atoms with Crippen molar-refractivity contribution in [1.82, 2.24) is 15.5 Å². The fourth-order valence-electron chi connectivity index (χ4n) is 3.02. The SMILES string of the molecule is COCCNCCNC(=O)C1CCCN(C(=O)Nc2cccc(C)c2)C1.Cl. The van der Waals surface area contributed by atoms with Crippen LogP contribution in [0.2, 0.25) is 0 Å². The summed E-state index contributed by atoms with van der Waals surface area (Å²) >= 11 is 0. The lowest BCUT2D eigenvalue weighted by molar-refractivity contribution is -0.126. The van der Waals surface area contributed by atoms with Crippen LogP contribution in [0.15, 0.2) is 24.3 Å². The second-order valence-corrected chi connectivity index (χ2v) is 6.62. The van der Waals surface area contributed by atoms with E-state index in [0.29, 0.717) is 32.8 Å². The number of rotatable bonds is 8. The Morgan fingerprint density at radius 2 is 2.07 bits per heavy atom. The molecule has 0 radical (unpaired) electrons. The van der Waals surface area contributed by atoms with E-state index in [0.717, 1.165) is 30.6 Å². The largest absolute Gasteiger partial charge is 0.383 e. The molecule has 1 aliphatic heterocycles. The number of nitrogens with one attached hydrogen (secondary N) is 3. The van der Waals surface area contributed by atoms with Crippen LogP contribution in [-0.4, -0.2) is 63.3 Å². The molecule has 1 heterocycles. The van der Waals surface area contributed by atoms with Gasteiger partial charge in [0.25, 0.3) is 0 Å². The van der Waals surface area contributed by atoms with Crippen molar-refractivity contribution >= 4 is 30.0 Å². The molecule has 0 spiro atoms. The first-order chi connectivity index (χ1) is 12.6. The Labute approximate surface area is 167 Å². The smallest absolute Gasteiger partial charge is 0.321 e. The van der Waals surface area contributed by atoms with E-state index in [-0.39, 0.29) is 30.3 Å². The minimum Gasteiger partial charge on any atom is -0.383 e. The zero-order valence-electron chi connectivity index (χ0n) is 16.1. The van der Waals surface area contributed by atoms with Gasteiger partial charge in [-0.1, -0.05) is 12.1 Å². The van der Waals surface area contributed by atoms with Crippen molar-refractivity contribution in [2.75, 3.05) is 51.8 Å². The van der Waals surface area contributed by atoms with E-state index in [1.807, 2.05) is 31.2 Å². The number of likely N-dealkylation sites (tertiary alicyclic amines) is 1. The van der Waals surface area contributed by atoms with Gasteiger partial charge in [-0.2, -0.15) is 0 Å². The molecule has 8 heteroatoms. The molecule has 0 aliphatic carbocycles. The third kappa shape index (κ3) is 8.15. The lowest BCUT2D eigenvalue weighted by Crippen LogP contribution is -2.47. The molecule has 3 amide bonds. The van der Waals surface area contributed by atoms with Crippen LogP contribution in [0.5, 0.6) is 0 Å². The summed E-state index contributed by atoms with van der Waals surface area (Å²) in [5.41, 5.74) is 1.88. The van der Waals surface area contributed by atoms with Gasteiger partial charge in [-0.05, 0) is 37.5 Å². The van der Waals surface area contributed by atoms with E-state index in [1.54, 1.807) is 12.0 Å². The van der Waals surface area contributed by atoms with E-state index >= 15 is 0 Å². The molecule has 1 aromatic carbocycles. The molecule has 0 aromatic heterocycles. The van der Waals surface area contributed by atoms with Crippen LogP contribution < -0.4 is 16.0 Å². The first-order valence-electron chi connectivity index (χ1n) is 9.20. The number of urea groups is 1. The Balaban J connectivity index is 0.00000364. The summed E-state index contributed by atoms with van der Waals surface area (Å²) in [5.74, 6) is -0.127. The second-order valence-electron chi connectivity index (χ2n) is 6.62. The highest BCUT2D eigenvalue weighted by atomic mass is 35.5. The maximum absolute atomic E-state index is 12.5. The molecule has 1 aliphatic rings. The Bertz CT molecular complexity index is 600. The molecular formula is C19H31ClN4O3. The monoisotopic (exact) mass is 398 g/mol. The van der Waals surface area contributed by atoms with Crippen molar-refractivity contribution in [1.29, 1.82) is 0 Å². The molecule has 27 heavy (non-hydrogen) atoms. The number of halogens is 1. The molecule has 1 saturated heterocycles. The van der Waals surface area contributed by atoms with Gasteiger partial charge >= 0.3 is 6.03 Å². The molecule has 1 aromatic rings. The van der Waals surface area contributed by atoms with Crippen LogP contribution in [0.4, 0.5) is 10.5 Å². The maximum atomic E-state index is 12.5. The summed E-state index contributed by atoms with van der Waals surface area (Å²) in [6, 6.07) is 7.56. The van der Waals surface area contributed by atoms with Gasteiger partial charge in [-0.15, -0.1) is 12.4 Å². The fourth-order valence-corrected chi connectivity index (χ4v) is 3.02. The average molecular weight is 399 g/mol. The number of piperidine rings is 1. The van der Waals surface area contributed by atoms with E-state index in [2.05, 4.69) is 16.0 Å². The fraction of sp³-hybridized carbons (Fsp3) is 0.579. The summed E-state index contributed by atoms with van der Waals surface area (Å²) in [5, 5.41) is 9.05. The Hall–Kier alpha value is -1.83. The zero-order chi connectivity index (χ0) is 18.8. The van der Waals surface area contributed by atoms with Crippen LogP contribution in [-0.2, 0) is 9.53 Å². The predicted octanol–water partition coefficient (Wildman–Crippen LogP) is 2.01. The van der Waals surface area contributed by atoms with E-state index < -0.39 is 0 Å². The maximum Gasteiger partial charge on any atom is 0.321 e. The highest BCUT2D eigenvalue weighted by Crippen LogP contribution is 2.18. The summed E-state index contributed by atoms with van der Waals surface area (Å²) in [6.07, 6.45) is 1.66. The molecule has 3 N–H and O–H groups in total. The number of carbonyl (C=O) groups excluding carboxylic acids is 2. The summed E-state index contributed by atoms with van der Waals surface area (Å²) < 4.78 is 4.95. The Morgan fingerprint density at radius 1 is 1.26 bits per heavy atom. The minimum absolute atomic E-state index is 0. The minimum atomic E-state index is -0.147. The number of methoxy groups -OCH3 is 1. The van der Waals surface area contributed by atoms with Crippen LogP contribution in [0.25, 0.3) is 0 Å². The van der Waals surface area contributed by atoms with Crippen LogP contribution in [0, 0.1) is 12.8 Å². The predicted molar refractivity (Wildman–Crippen MR) is 109 cm³/mol. The number of hydrogen-bond acceptors (Lipinski definition) is 4. The number of nitrogens with zero attached hydrogens (tertiary/aromatic N) is 1. The number of ether oxygens (including phenoxy) is 1. The molecule has 1 fully saturated rings. The Morgan fingerprint density at radius 3 is 2.81 bits per heavy atom. The lowest BCUT2D eigenvalue weighted by atomic mass is 9.97. The van der Waals surface area contributed by atoms with Crippen molar-refractivity contribution in [3.8, 4) is 0 Å². The van der Waals surface area contributed by atoms with Gasteiger partial charge < -0.3 is 25.6 Å². The van der Waals surface area contributed by atoms with Gasteiger partial charge in [-0.25, -0.2) is 4.79 Å². The third-order valence-corrected chi connectivity index (χ3v) is 4.43. The number of hydrogen-bond donors (Lipinski definition) is 3. The number of carbonyl (C=O) groups is 2. The molecule has 2 rings (SSSR count). The molecule has 7 nitrogen and oxygen atoms in total. The zero-order valence-corrected chi connectivity index (χ0v) is 16.9. The van der Waals surface area contributed by atoms with Gasteiger partial charge in [0.05, 0.1) is 12.5 Å². The molecular weight excluding hydrogens is 368 g/mol. The van der Waals surface area contributed by atoms with Gasteiger partial charge in [-0.3, -0.25) is 4.79 Å². The summed E-state index contributed by atoms with van der Waals surface area (Å²) in [4.78, 5) is 26.5. The van der Waals surface area contributed by atoms with Gasteiger partial charge in [0, 0.05) is 45.5 Å². The van der Waals surface area contributed by atoms with Crippen LogP contribution in [0.3, 0.4) is 0 Å². The van der Waals surface area contributed by atoms with Crippen LogP contribution >= 0.6 is 12.4 Å². The molecule has 1 unspecified atom stereocenters. The normalized spacial score (nSPS) is 16.4. The van der Waals surface area contributed by atoms with Crippen molar-refractivity contribution < 1.29 is 14.3 Å². The highest BCUT2D eigenvalue weighted by Gasteiger charge is 2.28. The average Bonchev–Trinajstić information content (AvgIpc) is 2.64. The van der Waals surface area contributed by atoms with Gasteiger partial charge in [0.15, 0.2) is 0 Å². The van der Waals surface area contributed by atoms with E-state index in [4.69, 9.17) is 4.74 Å². The molecule has 1 atom stereocenters. The topological polar surface area (TPSA) is 82.7 Å². The van der Waals surface area contributed by atoms with E-state index in [1.165, 1.54) is 0 Å². The van der Waals surface area contributed by atoms with Crippen molar-refractivity contribution in [3.63, 3.8) is 0 Å². The van der Waals surface area contributed by atoms with Crippen molar-refractivity contribution in [3.05, 3.63) is 29.8 Å². The highest BCUT2D eigenvalue weighted by molar-refractivity contribution is 5.90. The van der Waals surface area contributed by atoms with Crippen LogP contribution in [0.1, 0.15) is 18.4 Å².